The lowest BCUT2D eigenvalue weighted by Gasteiger charge is -1.73. The molecule has 0 saturated carbocycles. The zero-order chi connectivity index (χ0) is 5.70. The van der Waals surface area contributed by atoms with E-state index in [0.29, 0.717) is 0 Å². The lowest BCUT2D eigenvalue weighted by molar-refractivity contribution is 0.318. The van der Waals surface area contributed by atoms with Crippen molar-refractivity contribution in [3.8, 4) is 0 Å². The van der Waals surface area contributed by atoms with Crippen molar-refractivity contribution >= 4 is 11.9 Å². The Morgan fingerprint density at radius 2 is 2.43 bits per heavy atom. The summed E-state index contributed by atoms with van der Waals surface area (Å²) in [5.41, 5.74) is 0. The predicted octanol–water partition coefficient (Wildman–Crippen LogP) is 0.130. The SMILES string of the molecule is CC(N=C=O)=NO. The summed E-state index contributed by atoms with van der Waals surface area (Å²) in [5, 5.41) is 10.3. The first kappa shape index (κ1) is 5.85. The van der Waals surface area contributed by atoms with Crippen LogP contribution in [0, 0.1) is 0 Å². The minimum atomic E-state index is 0.00926. The fraction of sp³-hybridized carbons (Fsp3) is 0.333. The third-order valence-electron chi connectivity index (χ3n) is 0.352. The van der Waals surface area contributed by atoms with Crippen molar-refractivity contribution in [1.29, 1.82) is 0 Å². The number of isocyanates is 1. The Morgan fingerprint density at radius 1 is 1.86 bits per heavy atom. The van der Waals surface area contributed by atoms with Crippen LogP contribution in [-0.2, 0) is 4.79 Å². The summed E-state index contributed by atoms with van der Waals surface area (Å²) >= 11 is 0. The Morgan fingerprint density at radius 3 is 2.57 bits per heavy atom. The Balaban J connectivity index is 3.82. The normalized spacial score (nSPS) is 10.1. The molecule has 0 fully saturated rings. The number of carbonyl (C=O) groups excluding carboxylic acids is 1. The maximum absolute atomic E-state index is 9.29. The highest BCUT2D eigenvalue weighted by Crippen LogP contribution is 1.69. The van der Waals surface area contributed by atoms with Gasteiger partial charge in [-0.15, -0.1) is 4.99 Å². The Kier molecular flexibility index (Phi) is 2.55. The van der Waals surface area contributed by atoms with Gasteiger partial charge in [0.05, 0.1) is 0 Å². The predicted molar refractivity (Wildman–Crippen MR) is 23.0 cm³/mol. The molecular formula is C3H4N2O2. The van der Waals surface area contributed by atoms with Gasteiger partial charge in [-0.25, -0.2) is 4.79 Å². The largest absolute Gasteiger partial charge is 0.409 e. The van der Waals surface area contributed by atoms with Crippen LogP contribution in [0.2, 0.25) is 0 Å². The number of hydrogen-bond acceptors (Lipinski definition) is 3. The highest BCUT2D eigenvalue weighted by Gasteiger charge is 1.77. The molecule has 0 saturated heterocycles. The van der Waals surface area contributed by atoms with Crippen molar-refractivity contribution in [3.63, 3.8) is 0 Å². The van der Waals surface area contributed by atoms with E-state index in [2.05, 4.69) is 10.1 Å². The standard InChI is InChI=1S/C3H4N2O2/c1-3(5-7)4-2-6/h7H,1H3. The molecule has 7 heavy (non-hydrogen) atoms. The molecule has 0 aliphatic rings. The van der Waals surface area contributed by atoms with Crippen molar-refractivity contribution in [1.82, 2.24) is 0 Å². The fourth-order valence-corrected chi connectivity index (χ4v) is 0.0884. The Bertz CT molecular complexity index is 123. The molecule has 0 amide bonds. The van der Waals surface area contributed by atoms with E-state index >= 15 is 0 Å². The van der Waals surface area contributed by atoms with Crippen LogP contribution < -0.4 is 0 Å². The molecular weight excluding hydrogens is 96.0 g/mol. The average molecular weight is 100 g/mol. The number of rotatable bonds is 0. The maximum Gasteiger partial charge on any atom is 0.241 e. The molecule has 0 aromatic carbocycles. The summed E-state index contributed by atoms with van der Waals surface area (Å²) in [6, 6.07) is 0. The number of nitrogens with zero attached hydrogens (tertiary/aromatic N) is 2. The van der Waals surface area contributed by atoms with Crippen LogP contribution >= 0.6 is 0 Å². The molecule has 4 heteroatoms. The molecule has 0 heterocycles. The van der Waals surface area contributed by atoms with Crippen LogP contribution in [0.4, 0.5) is 0 Å². The second-order valence-electron chi connectivity index (χ2n) is 0.850. The number of amidine groups is 1. The van der Waals surface area contributed by atoms with E-state index in [-0.39, 0.29) is 5.84 Å². The fourth-order valence-electron chi connectivity index (χ4n) is 0.0884. The second kappa shape index (κ2) is 3.06. The van der Waals surface area contributed by atoms with E-state index in [4.69, 9.17) is 5.21 Å². The van der Waals surface area contributed by atoms with Crippen LogP contribution in [0.3, 0.4) is 0 Å². The summed E-state index contributed by atoms with van der Waals surface area (Å²) < 4.78 is 0. The van der Waals surface area contributed by atoms with Crippen molar-refractivity contribution in [2.45, 2.75) is 6.92 Å². The molecule has 0 rings (SSSR count). The van der Waals surface area contributed by atoms with Gasteiger partial charge in [-0.2, -0.15) is 0 Å². The van der Waals surface area contributed by atoms with Gasteiger partial charge >= 0.3 is 0 Å². The van der Waals surface area contributed by atoms with Crippen molar-refractivity contribution in [3.05, 3.63) is 0 Å². The number of hydrogen-bond donors (Lipinski definition) is 1. The van der Waals surface area contributed by atoms with Gasteiger partial charge in [0.25, 0.3) is 0 Å². The highest BCUT2D eigenvalue weighted by atomic mass is 16.4. The first-order chi connectivity index (χ1) is 3.31. The summed E-state index contributed by atoms with van der Waals surface area (Å²) in [6.07, 6.45) is 1.20. The van der Waals surface area contributed by atoms with Crippen LogP contribution in [0.25, 0.3) is 0 Å². The summed E-state index contributed by atoms with van der Waals surface area (Å²) in [6.45, 7) is 1.38. The molecule has 0 radical (unpaired) electrons. The average Bonchev–Trinajstić information content (AvgIpc) is 1.68. The maximum atomic E-state index is 9.29. The monoisotopic (exact) mass is 100 g/mol. The minimum Gasteiger partial charge on any atom is -0.409 e. The molecule has 0 aliphatic heterocycles. The smallest absolute Gasteiger partial charge is 0.241 e. The number of aliphatic imine (C=N–C) groups is 1. The van der Waals surface area contributed by atoms with Crippen molar-refractivity contribution in [2.75, 3.05) is 0 Å². The van der Waals surface area contributed by atoms with Gasteiger partial charge in [0.2, 0.25) is 6.08 Å². The van der Waals surface area contributed by atoms with Gasteiger partial charge in [-0.05, 0) is 0 Å². The van der Waals surface area contributed by atoms with Crippen LogP contribution in [0.5, 0.6) is 0 Å². The minimum absolute atomic E-state index is 0.00926. The molecule has 0 aromatic heterocycles. The molecule has 0 bridgehead atoms. The van der Waals surface area contributed by atoms with E-state index in [1.165, 1.54) is 13.0 Å². The van der Waals surface area contributed by atoms with Gasteiger partial charge < -0.3 is 5.21 Å². The Labute approximate surface area is 40.2 Å². The van der Waals surface area contributed by atoms with E-state index < -0.39 is 0 Å². The molecule has 0 aromatic rings. The molecule has 38 valence electrons. The second-order valence-corrected chi connectivity index (χ2v) is 0.850. The van der Waals surface area contributed by atoms with Crippen LogP contribution in [0.1, 0.15) is 6.92 Å². The van der Waals surface area contributed by atoms with Crippen molar-refractivity contribution in [2.24, 2.45) is 10.1 Å². The summed E-state index contributed by atoms with van der Waals surface area (Å²) in [5.74, 6) is 0.00926. The van der Waals surface area contributed by atoms with Gasteiger partial charge in [0.15, 0.2) is 5.84 Å². The van der Waals surface area contributed by atoms with E-state index in [0.717, 1.165) is 0 Å². The zero-order valence-electron chi connectivity index (χ0n) is 3.75. The Hall–Kier alpha value is -1.15. The lowest BCUT2D eigenvalue weighted by atomic mass is 10.7. The molecule has 1 N–H and O–H groups in total. The topological polar surface area (TPSA) is 62.0 Å². The van der Waals surface area contributed by atoms with Crippen molar-refractivity contribution < 1.29 is 10.0 Å². The molecule has 0 atom stereocenters. The first-order valence-corrected chi connectivity index (χ1v) is 1.57. The molecule has 0 spiro atoms. The van der Waals surface area contributed by atoms with Gasteiger partial charge in [0.1, 0.15) is 0 Å². The van der Waals surface area contributed by atoms with E-state index in [1.807, 2.05) is 0 Å². The summed E-state index contributed by atoms with van der Waals surface area (Å²) in [4.78, 5) is 12.2. The van der Waals surface area contributed by atoms with Gasteiger partial charge in [0, 0.05) is 6.92 Å². The molecule has 0 unspecified atom stereocenters. The van der Waals surface area contributed by atoms with E-state index in [1.54, 1.807) is 0 Å². The molecule has 4 nitrogen and oxygen atoms in total. The highest BCUT2D eigenvalue weighted by molar-refractivity contribution is 5.83. The third kappa shape index (κ3) is 2.66. The van der Waals surface area contributed by atoms with Gasteiger partial charge in [-0.3, -0.25) is 0 Å². The van der Waals surface area contributed by atoms with Crippen LogP contribution in [0.15, 0.2) is 10.1 Å². The zero-order valence-corrected chi connectivity index (χ0v) is 3.75. The summed E-state index contributed by atoms with van der Waals surface area (Å²) in [7, 11) is 0. The third-order valence-corrected chi connectivity index (χ3v) is 0.352. The lowest BCUT2D eigenvalue weighted by Crippen LogP contribution is -1.80. The van der Waals surface area contributed by atoms with Gasteiger partial charge in [-0.1, -0.05) is 5.16 Å². The quantitative estimate of drug-likeness (QED) is 0.154. The molecule has 0 aliphatic carbocycles. The van der Waals surface area contributed by atoms with Crippen LogP contribution in [-0.4, -0.2) is 17.1 Å². The first-order valence-electron chi connectivity index (χ1n) is 1.57. The van der Waals surface area contributed by atoms with E-state index in [9.17, 15) is 4.79 Å². The number of oxime groups is 1.